The molecule has 2 rings (SSSR count). The molecule has 2 amide bonds. The van der Waals surface area contributed by atoms with Crippen molar-refractivity contribution in [3.8, 4) is 0 Å². The van der Waals surface area contributed by atoms with Crippen molar-refractivity contribution < 1.29 is 9.59 Å². The fourth-order valence-electron chi connectivity index (χ4n) is 2.79. The van der Waals surface area contributed by atoms with E-state index in [1.165, 1.54) is 11.1 Å². The van der Waals surface area contributed by atoms with Crippen LogP contribution in [0.25, 0.3) is 0 Å². The van der Waals surface area contributed by atoms with Gasteiger partial charge >= 0.3 is 0 Å². The van der Waals surface area contributed by atoms with Crippen LogP contribution in [0.4, 0.5) is 0 Å². The van der Waals surface area contributed by atoms with Crippen LogP contribution in [0, 0.1) is 6.92 Å². The van der Waals surface area contributed by atoms with E-state index in [0.717, 1.165) is 11.3 Å². The summed E-state index contributed by atoms with van der Waals surface area (Å²) in [6, 6.07) is 17.7. The molecule has 0 aliphatic heterocycles. The van der Waals surface area contributed by atoms with Crippen LogP contribution < -0.4 is 5.32 Å². The van der Waals surface area contributed by atoms with Crippen LogP contribution in [0.15, 0.2) is 54.6 Å². The third-order valence-electron chi connectivity index (χ3n) is 4.41. The molecule has 0 aromatic heterocycles. The third kappa shape index (κ3) is 7.04. The summed E-state index contributed by atoms with van der Waals surface area (Å²) < 4.78 is 0. The summed E-state index contributed by atoms with van der Waals surface area (Å²) in [7, 11) is 0. The number of benzene rings is 2. The Morgan fingerprint density at radius 3 is 2.21 bits per heavy atom. The number of carbonyl (C=O) groups is 2. The van der Waals surface area contributed by atoms with E-state index in [9.17, 15) is 9.59 Å². The fraction of sp³-hybridized carbons (Fsp3) is 0.391. The molecular weight excluding hydrogens is 368 g/mol. The lowest BCUT2D eigenvalue weighted by Gasteiger charge is -2.29. The molecule has 0 unspecified atom stereocenters. The van der Waals surface area contributed by atoms with Gasteiger partial charge in [0.1, 0.15) is 6.04 Å². The highest BCUT2D eigenvalue weighted by molar-refractivity contribution is 7.99. The van der Waals surface area contributed by atoms with Gasteiger partial charge in [-0.1, -0.05) is 60.2 Å². The van der Waals surface area contributed by atoms with Gasteiger partial charge in [-0.2, -0.15) is 0 Å². The van der Waals surface area contributed by atoms with Crippen molar-refractivity contribution in [1.29, 1.82) is 0 Å². The van der Waals surface area contributed by atoms with E-state index in [2.05, 4.69) is 36.5 Å². The van der Waals surface area contributed by atoms with Gasteiger partial charge in [0.05, 0.1) is 5.75 Å². The lowest BCUT2D eigenvalue weighted by atomic mass is 10.1. The second kappa shape index (κ2) is 10.9. The van der Waals surface area contributed by atoms with Crippen LogP contribution in [0.3, 0.4) is 0 Å². The van der Waals surface area contributed by atoms with E-state index < -0.39 is 6.04 Å². The Morgan fingerprint density at radius 1 is 0.964 bits per heavy atom. The molecule has 2 aromatic rings. The van der Waals surface area contributed by atoms with Crippen molar-refractivity contribution in [3.63, 3.8) is 0 Å². The predicted molar refractivity (Wildman–Crippen MR) is 117 cm³/mol. The lowest BCUT2D eigenvalue weighted by Crippen LogP contribution is -2.49. The Labute approximate surface area is 172 Å². The van der Waals surface area contributed by atoms with Gasteiger partial charge < -0.3 is 10.2 Å². The summed E-state index contributed by atoms with van der Waals surface area (Å²) in [6.07, 6.45) is 0. The van der Waals surface area contributed by atoms with Crippen LogP contribution in [-0.2, 0) is 21.9 Å². The van der Waals surface area contributed by atoms with E-state index >= 15 is 0 Å². The molecule has 28 heavy (non-hydrogen) atoms. The molecule has 5 heteroatoms. The number of nitrogens with one attached hydrogen (secondary N) is 1. The minimum absolute atomic E-state index is 0.0210. The van der Waals surface area contributed by atoms with Crippen LogP contribution >= 0.6 is 11.8 Å². The highest BCUT2D eigenvalue weighted by atomic mass is 32.2. The van der Waals surface area contributed by atoms with Gasteiger partial charge in [-0.15, -0.1) is 11.8 Å². The fourth-order valence-corrected chi connectivity index (χ4v) is 3.66. The minimum Gasteiger partial charge on any atom is -0.352 e. The first-order chi connectivity index (χ1) is 13.4. The van der Waals surface area contributed by atoms with Crippen LogP contribution in [-0.4, -0.2) is 34.6 Å². The maximum Gasteiger partial charge on any atom is 0.242 e. The maximum atomic E-state index is 12.9. The SMILES string of the molecule is Cc1ccc(CSCC(=O)N(Cc2ccccc2)[C@H](C)C(=O)NC(C)C)cc1. The molecule has 0 saturated carbocycles. The zero-order chi connectivity index (χ0) is 20.5. The van der Waals surface area contributed by atoms with Crippen LogP contribution in [0.1, 0.15) is 37.5 Å². The van der Waals surface area contributed by atoms with Crippen molar-refractivity contribution in [2.75, 3.05) is 5.75 Å². The van der Waals surface area contributed by atoms with Gasteiger partial charge in [0, 0.05) is 18.3 Å². The standard InChI is InChI=1S/C23H30N2O2S/c1-17(2)24-23(27)19(4)25(14-20-8-6-5-7-9-20)22(26)16-28-15-21-12-10-18(3)11-13-21/h5-13,17,19H,14-16H2,1-4H3,(H,24,27)/t19-/m1/s1. The molecule has 1 N–H and O–H groups in total. The van der Waals surface area contributed by atoms with E-state index in [1.54, 1.807) is 23.6 Å². The van der Waals surface area contributed by atoms with Crippen molar-refractivity contribution in [2.24, 2.45) is 0 Å². The van der Waals surface area contributed by atoms with E-state index in [4.69, 9.17) is 0 Å². The molecule has 4 nitrogen and oxygen atoms in total. The largest absolute Gasteiger partial charge is 0.352 e. The van der Waals surface area contributed by atoms with Crippen molar-refractivity contribution in [3.05, 3.63) is 71.3 Å². The molecule has 0 radical (unpaired) electrons. The van der Waals surface area contributed by atoms with Crippen molar-refractivity contribution in [2.45, 2.75) is 52.1 Å². The monoisotopic (exact) mass is 398 g/mol. The molecule has 0 saturated heterocycles. The number of carbonyl (C=O) groups excluding carboxylic acids is 2. The average molecular weight is 399 g/mol. The van der Waals surface area contributed by atoms with Gasteiger partial charge in [-0.05, 0) is 38.8 Å². The number of rotatable bonds is 9. The second-order valence-electron chi connectivity index (χ2n) is 7.32. The van der Waals surface area contributed by atoms with Crippen molar-refractivity contribution >= 4 is 23.6 Å². The highest BCUT2D eigenvalue weighted by Crippen LogP contribution is 2.16. The molecule has 0 bridgehead atoms. The number of nitrogens with zero attached hydrogens (tertiary/aromatic N) is 1. The molecule has 0 aliphatic carbocycles. The van der Waals surface area contributed by atoms with E-state index in [1.807, 2.05) is 44.2 Å². The number of aryl methyl sites for hydroxylation is 1. The van der Waals surface area contributed by atoms with Gasteiger partial charge in [0.25, 0.3) is 0 Å². The summed E-state index contributed by atoms with van der Waals surface area (Å²) in [5.41, 5.74) is 3.44. The minimum atomic E-state index is -0.518. The second-order valence-corrected chi connectivity index (χ2v) is 8.31. The molecule has 0 fully saturated rings. The summed E-state index contributed by atoms with van der Waals surface area (Å²) >= 11 is 1.58. The lowest BCUT2D eigenvalue weighted by molar-refractivity contribution is -0.138. The Kier molecular flexibility index (Phi) is 8.58. The normalized spacial score (nSPS) is 11.9. The number of hydrogen-bond acceptors (Lipinski definition) is 3. The molecular formula is C23H30N2O2S. The molecule has 0 spiro atoms. The Balaban J connectivity index is 2.02. The Hall–Kier alpha value is -2.27. The zero-order valence-corrected chi connectivity index (χ0v) is 18.0. The van der Waals surface area contributed by atoms with Gasteiger partial charge in [0.2, 0.25) is 11.8 Å². The first-order valence-corrected chi connectivity index (χ1v) is 10.8. The number of thioether (sulfide) groups is 1. The molecule has 2 aromatic carbocycles. The van der Waals surface area contributed by atoms with Gasteiger partial charge in [0.15, 0.2) is 0 Å². The number of amides is 2. The van der Waals surface area contributed by atoms with Crippen LogP contribution in [0.2, 0.25) is 0 Å². The summed E-state index contributed by atoms with van der Waals surface area (Å²) in [5.74, 6) is 0.979. The summed E-state index contributed by atoms with van der Waals surface area (Å²) in [4.78, 5) is 27.1. The quantitative estimate of drug-likeness (QED) is 0.690. The molecule has 1 atom stereocenters. The van der Waals surface area contributed by atoms with Gasteiger partial charge in [-0.25, -0.2) is 0 Å². The highest BCUT2D eigenvalue weighted by Gasteiger charge is 2.26. The number of hydrogen-bond donors (Lipinski definition) is 1. The first-order valence-electron chi connectivity index (χ1n) is 9.64. The summed E-state index contributed by atoms with van der Waals surface area (Å²) in [5, 5.41) is 2.91. The smallest absolute Gasteiger partial charge is 0.242 e. The summed E-state index contributed by atoms with van der Waals surface area (Å²) in [6.45, 7) is 8.13. The Bertz CT molecular complexity index is 760. The van der Waals surface area contributed by atoms with E-state index in [0.29, 0.717) is 12.3 Å². The molecule has 0 aliphatic rings. The molecule has 150 valence electrons. The molecule has 0 heterocycles. The van der Waals surface area contributed by atoms with E-state index in [-0.39, 0.29) is 17.9 Å². The average Bonchev–Trinajstić information content (AvgIpc) is 2.67. The topological polar surface area (TPSA) is 49.4 Å². The maximum absolute atomic E-state index is 12.9. The first kappa shape index (κ1) is 22.0. The van der Waals surface area contributed by atoms with Gasteiger partial charge in [-0.3, -0.25) is 9.59 Å². The predicted octanol–water partition coefficient (Wildman–Crippen LogP) is 4.17. The Morgan fingerprint density at radius 2 is 1.61 bits per heavy atom. The zero-order valence-electron chi connectivity index (χ0n) is 17.1. The third-order valence-corrected chi connectivity index (χ3v) is 5.40. The van der Waals surface area contributed by atoms with Crippen molar-refractivity contribution in [1.82, 2.24) is 10.2 Å². The van der Waals surface area contributed by atoms with Crippen LogP contribution in [0.5, 0.6) is 0 Å².